The van der Waals surface area contributed by atoms with E-state index in [2.05, 4.69) is 0 Å². The second-order valence-corrected chi connectivity index (χ2v) is 5.27. The summed E-state index contributed by atoms with van der Waals surface area (Å²) < 4.78 is 10.4. The van der Waals surface area contributed by atoms with E-state index in [-0.39, 0.29) is 19.4 Å². The summed E-state index contributed by atoms with van der Waals surface area (Å²) in [6.45, 7) is 0.0513. The summed E-state index contributed by atoms with van der Waals surface area (Å²) >= 11 is 0. The van der Waals surface area contributed by atoms with E-state index < -0.39 is 24.0 Å². The molecule has 0 fully saturated rings. The fourth-order valence-corrected chi connectivity index (χ4v) is 2.08. The average molecular weight is 342 g/mol. The largest absolute Gasteiger partial charge is 0.481 e. The topological polar surface area (TPSA) is 89.9 Å². The maximum absolute atomic E-state index is 12.4. The first kappa shape index (κ1) is 18.2. The Balaban J connectivity index is 2.04. The van der Waals surface area contributed by atoms with E-state index in [0.717, 1.165) is 5.56 Å². The molecule has 0 aliphatic heterocycles. The van der Waals surface area contributed by atoms with Crippen LogP contribution < -0.4 is 0 Å². The van der Waals surface area contributed by atoms with Gasteiger partial charge >= 0.3 is 17.9 Å². The second kappa shape index (κ2) is 9.22. The molecule has 2 aromatic carbocycles. The van der Waals surface area contributed by atoms with Gasteiger partial charge in [0.2, 0.25) is 6.10 Å². The Morgan fingerprint density at radius 1 is 0.880 bits per heavy atom. The summed E-state index contributed by atoms with van der Waals surface area (Å²) in [6, 6.07) is 17.6. The lowest BCUT2D eigenvalue weighted by Gasteiger charge is -2.17. The normalized spacial score (nSPS) is 11.4. The number of aliphatic carboxylic acids is 1. The van der Waals surface area contributed by atoms with Gasteiger partial charge in [-0.2, -0.15) is 0 Å². The molecule has 0 saturated heterocycles. The van der Waals surface area contributed by atoms with Crippen molar-refractivity contribution >= 4 is 17.9 Å². The Hall–Kier alpha value is -3.15. The highest BCUT2D eigenvalue weighted by atomic mass is 16.6. The van der Waals surface area contributed by atoms with Crippen molar-refractivity contribution in [3.8, 4) is 0 Å². The minimum Gasteiger partial charge on any atom is -0.481 e. The van der Waals surface area contributed by atoms with Gasteiger partial charge in [0.05, 0.1) is 12.8 Å². The summed E-state index contributed by atoms with van der Waals surface area (Å²) in [6.07, 6.45) is -1.91. The van der Waals surface area contributed by atoms with E-state index in [4.69, 9.17) is 14.6 Å². The summed E-state index contributed by atoms with van der Waals surface area (Å²) in [5.74, 6) is -2.59. The van der Waals surface area contributed by atoms with Gasteiger partial charge in [-0.05, 0) is 5.56 Å². The summed E-state index contributed by atoms with van der Waals surface area (Å²) in [5, 5.41) is 8.63. The van der Waals surface area contributed by atoms with Crippen molar-refractivity contribution in [1.29, 1.82) is 0 Å². The number of hydrogen-bond acceptors (Lipinski definition) is 5. The van der Waals surface area contributed by atoms with Crippen molar-refractivity contribution in [1.82, 2.24) is 0 Å². The number of hydrogen-bond donors (Lipinski definition) is 1. The van der Waals surface area contributed by atoms with Gasteiger partial charge in [-0.1, -0.05) is 60.7 Å². The summed E-state index contributed by atoms with van der Waals surface area (Å²) in [7, 11) is 0. The van der Waals surface area contributed by atoms with Crippen molar-refractivity contribution in [2.24, 2.45) is 0 Å². The lowest BCUT2D eigenvalue weighted by molar-refractivity contribution is -0.170. The smallest absolute Gasteiger partial charge is 0.352 e. The number of benzene rings is 2. The minimum atomic E-state index is -1.23. The Labute approximate surface area is 145 Å². The number of esters is 2. The van der Waals surface area contributed by atoms with Crippen molar-refractivity contribution in [3.05, 3.63) is 71.8 Å². The van der Waals surface area contributed by atoms with E-state index in [1.807, 2.05) is 30.3 Å². The third kappa shape index (κ3) is 6.10. The van der Waals surface area contributed by atoms with Gasteiger partial charge in [-0.15, -0.1) is 0 Å². The Bertz CT molecular complexity index is 711. The molecule has 0 spiro atoms. The number of carbonyl (C=O) groups excluding carboxylic acids is 2. The Morgan fingerprint density at radius 3 is 2.08 bits per heavy atom. The molecule has 0 amide bonds. The quantitative estimate of drug-likeness (QED) is 0.742. The Morgan fingerprint density at radius 2 is 1.48 bits per heavy atom. The van der Waals surface area contributed by atoms with E-state index in [9.17, 15) is 14.4 Å². The zero-order valence-electron chi connectivity index (χ0n) is 13.5. The molecule has 25 heavy (non-hydrogen) atoms. The Kier molecular flexibility index (Phi) is 6.71. The first-order valence-electron chi connectivity index (χ1n) is 7.73. The maximum Gasteiger partial charge on any atom is 0.352 e. The van der Waals surface area contributed by atoms with E-state index in [1.165, 1.54) is 0 Å². The molecule has 1 atom stereocenters. The SMILES string of the molecule is O=C(O)CCC(=O)OC(C(=O)OCc1ccccc1)c1ccccc1. The van der Waals surface area contributed by atoms with Crippen LogP contribution in [0.1, 0.15) is 30.1 Å². The van der Waals surface area contributed by atoms with Gasteiger partial charge in [-0.3, -0.25) is 9.59 Å². The van der Waals surface area contributed by atoms with Crippen LogP contribution in [0, 0.1) is 0 Å². The molecule has 2 rings (SSSR count). The van der Waals surface area contributed by atoms with Crippen LogP contribution in [0.4, 0.5) is 0 Å². The van der Waals surface area contributed by atoms with E-state index in [0.29, 0.717) is 5.56 Å². The van der Waals surface area contributed by atoms with E-state index in [1.54, 1.807) is 30.3 Å². The number of carboxylic acid groups (broad SMARTS) is 1. The van der Waals surface area contributed by atoms with Crippen molar-refractivity contribution in [2.75, 3.05) is 0 Å². The van der Waals surface area contributed by atoms with Crippen LogP contribution in [-0.4, -0.2) is 23.0 Å². The monoisotopic (exact) mass is 342 g/mol. The molecule has 0 radical (unpaired) electrons. The standard InChI is InChI=1S/C19H18O6/c20-16(21)11-12-17(22)25-18(15-9-5-2-6-10-15)19(23)24-13-14-7-3-1-4-8-14/h1-10,18H,11-13H2,(H,20,21). The van der Waals surface area contributed by atoms with Crippen LogP contribution in [0.5, 0.6) is 0 Å². The van der Waals surface area contributed by atoms with Crippen LogP contribution in [0.15, 0.2) is 60.7 Å². The van der Waals surface area contributed by atoms with Crippen LogP contribution in [-0.2, 0) is 30.5 Å². The lowest BCUT2D eigenvalue weighted by Crippen LogP contribution is -2.22. The number of rotatable bonds is 8. The molecule has 0 bridgehead atoms. The zero-order chi connectivity index (χ0) is 18.1. The molecular formula is C19H18O6. The third-order valence-corrected chi connectivity index (χ3v) is 3.33. The van der Waals surface area contributed by atoms with Gasteiger partial charge in [0, 0.05) is 5.56 Å². The van der Waals surface area contributed by atoms with Gasteiger partial charge in [-0.25, -0.2) is 4.79 Å². The van der Waals surface area contributed by atoms with Gasteiger partial charge in [0.1, 0.15) is 6.61 Å². The maximum atomic E-state index is 12.4. The number of carboxylic acids is 1. The highest BCUT2D eigenvalue weighted by Crippen LogP contribution is 2.21. The fraction of sp³-hybridized carbons (Fsp3) is 0.211. The highest BCUT2D eigenvalue weighted by Gasteiger charge is 2.26. The molecule has 0 aromatic heterocycles. The van der Waals surface area contributed by atoms with Crippen LogP contribution >= 0.6 is 0 Å². The minimum absolute atomic E-state index is 0.0513. The summed E-state index contributed by atoms with van der Waals surface area (Å²) in [5.41, 5.74) is 1.27. The molecule has 0 saturated carbocycles. The molecule has 0 heterocycles. The van der Waals surface area contributed by atoms with Gasteiger partial charge < -0.3 is 14.6 Å². The van der Waals surface area contributed by atoms with Crippen molar-refractivity contribution < 1.29 is 29.0 Å². The van der Waals surface area contributed by atoms with Crippen molar-refractivity contribution in [2.45, 2.75) is 25.6 Å². The fourth-order valence-electron chi connectivity index (χ4n) is 2.08. The average Bonchev–Trinajstić information content (AvgIpc) is 2.64. The number of ether oxygens (including phenoxy) is 2. The third-order valence-electron chi connectivity index (χ3n) is 3.33. The molecule has 6 heteroatoms. The van der Waals surface area contributed by atoms with Crippen LogP contribution in [0.25, 0.3) is 0 Å². The molecule has 2 aromatic rings. The number of carbonyl (C=O) groups is 3. The molecule has 0 aliphatic carbocycles. The molecule has 0 aliphatic rings. The summed E-state index contributed by atoms with van der Waals surface area (Å²) in [4.78, 5) is 34.7. The molecule has 6 nitrogen and oxygen atoms in total. The second-order valence-electron chi connectivity index (χ2n) is 5.27. The molecule has 1 N–H and O–H groups in total. The molecule has 1 unspecified atom stereocenters. The highest BCUT2D eigenvalue weighted by molar-refractivity contribution is 5.82. The van der Waals surface area contributed by atoms with E-state index >= 15 is 0 Å². The van der Waals surface area contributed by atoms with Crippen LogP contribution in [0.2, 0.25) is 0 Å². The molecular weight excluding hydrogens is 324 g/mol. The van der Waals surface area contributed by atoms with Gasteiger partial charge in [0.15, 0.2) is 0 Å². The van der Waals surface area contributed by atoms with Crippen molar-refractivity contribution in [3.63, 3.8) is 0 Å². The van der Waals surface area contributed by atoms with Crippen LogP contribution in [0.3, 0.4) is 0 Å². The first-order valence-corrected chi connectivity index (χ1v) is 7.73. The predicted octanol–water partition coefficient (Wildman–Crippen LogP) is 2.88. The van der Waals surface area contributed by atoms with Gasteiger partial charge in [0.25, 0.3) is 0 Å². The molecule has 130 valence electrons. The zero-order valence-corrected chi connectivity index (χ0v) is 13.5. The lowest BCUT2D eigenvalue weighted by atomic mass is 10.1. The first-order chi connectivity index (χ1) is 12.1. The predicted molar refractivity (Wildman–Crippen MR) is 88.4 cm³/mol.